The van der Waals surface area contributed by atoms with Gasteiger partial charge in [-0.3, -0.25) is 4.79 Å². The Bertz CT molecular complexity index is 771. The van der Waals surface area contributed by atoms with E-state index in [1.807, 2.05) is 30.3 Å². The van der Waals surface area contributed by atoms with E-state index >= 15 is 0 Å². The summed E-state index contributed by atoms with van der Waals surface area (Å²) < 4.78 is 15.4. The number of quaternary nitrogens is 1. The molecule has 0 spiro atoms. The Labute approximate surface area is 175 Å². The molecule has 0 aliphatic rings. The van der Waals surface area contributed by atoms with Crippen LogP contribution in [0.2, 0.25) is 0 Å². The van der Waals surface area contributed by atoms with Crippen molar-refractivity contribution in [2.24, 2.45) is 0 Å². The van der Waals surface area contributed by atoms with E-state index in [-0.39, 0.29) is 19.1 Å². The Hall–Kier alpha value is -2.26. The molecule has 0 saturated carbocycles. The van der Waals surface area contributed by atoms with Crippen molar-refractivity contribution in [3.05, 3.63) is 42.0 Å². The van der Waals surface area contributed by atoms with Gasteiger partial charge in [0.2, 0.25) is 0 Å². The van der Waals surface area contributed by atoms with Gasteiger partial charge in [-0.15, -0.1) is 11.3 Å². The molecule has 0 unspecified atom stereocenters. The van der Waals surface area contributed by atoms with Crippen LogP contribution in [0.1, 0.15) is 17.3 Å². The van der Waals surface area contributed by atoms with E-state index in [9.17, 15) is 9.59 Å². The number of rotatable bonds is 12. The van der Waals surface area contributed by atoms with E-state index < -0.39 is 5.97 Å². The smallest absolute Gasteiger partial charge is 0.341 e. The maximum atomic E-state index is 12.7. The van der Waals surface area contributed by atoms with Crippen molar-refractivity contribution in [2.45, 2.75) is 6.92 Å². The van der Waals surface area contributed by atoms with Gasteiger partial charge in [0, 0.05) is 19.1 Å². The fourth-order valence-electron chi connectivity index (χ4n) is 2.78. The number of carbonyl (C=O) groups is 2. The zero-order chi connectivity index (χ0) is 21.1. The molecule has 0 aliphatic carbocycles. The highest BCUT2D eigenvalue weighted by atomic mass is 32.1. The number of thiophene rings is 1. The summed E-state index contributed by atoms with van der Waals surface area (Å²) in [6.45, 7) is 4.78. The van der Waals surface area contributed by atoms with Crippen LogP contribution in [0.5, 0.6) is 0 Å². The van der Waals surface area contributed by atoms with Gasteiger partial charge in [-0.1, -0.05) is 30.3 Å². The molecular formula is C21H29N2O5S+. The Morgan fingerprint density at radius 3 is 2.31 bits per heavy atom. The minimum atomic E-state index is -0.441. The third-order valence-corrected chi connectivity index (χ3v) is 5.37. The standard InChI is InChI=1S/C21H28N2O5S/c1-4-28-21(25)17-14-18(16-8-6-5-7-9-16)29-20(17)22-19(24)15-23(10-12-26-2)11-13-27-3/h5-9,14H,4,10-13,15H2,1-3H3,(H,22,24)/p+1. The number of nitrogens with one attached hydrogen (secondary N) is 2. The van der Waals surface area contributed by atoms with E-state index in [0.717, 1.165) is 15.3 Å². The molecule has 2 N–H and O–H groups in total. The maximum Gasteiger partial charge on any atom is 0.341 e. The number of anilines is 1. The Kier molecular flexibility index (Phi) is 9.79. The summed E-state index contributed by atoms with van der Waals surface area (Å²) in [6, 6.07) is 11.5. The van der Waals surface area contributed by atoms with Crippen LogP contribution in [-0.4, -0.2) is 65.6 Å². The molecular weight excluding hydrogens is 392 g/mol. The lowest BCUT2D eigenvalue weighted by Crippen LogP contribution is -3.14. The van der Waals surface area contributed by atoms with Gasteiger partial charge in [0.15, 0.2) is 6.54 Å². The van der Waals surface area contributed by atoms with Crippen molar-refractivity contribution >= 4 is 28.2 Å². The van der Waals surface area contributed by atoms with Crippen LogP contribution in [0.4, 0.5) is 5.00 Å². The number of hydrogen-bond acceptors (Lipinski definition) is 6. The summed E-state index contributed by atoms with van der Waals surface area (Å²) in [7, 11) is 3.27. The van der Waals surface area contributed by atoms with Crippen LogP contribution in [0.3, 0.4) is 0 Å². The predicted octanol–water partition coefficient (Wildman–Crippen LogP) is 1.71. The zero-order valence-electron chi connectivity index (χ0n) is 17.2. The monoisotopic (exact) mass is 421 g/mol. The molecule has 1 aromatic heterocycles. The largest absolute Gasteiger partial charge is 0.462 e. The Balaban J connectivity index is 2.17. The molecule has 29 heavy (non-hydrogen) atoms. The second kappa shape index (κ2) is 12.3. The molecule has 1 amide bonds. The van der Waals surface area contributed by atoms with E-state index in [1.54, 1.807) is 27.2 Å². The quantitative estimate of drug-likeness (QED) is 0.510. The summed E-state index contributed by atoms with van der Waals surface area (Å²) in [5, 5.41) is 3.40. The molecule has 158 valence electrons. The summed E-state index contributed by atoms with van der Waals surface area (Å²) >= 11 is 1.37. The number of amides is 1. The first kappa shape index (κ1) is 23.0. The second-order valence-electron chi connectivity index (χ2n) is 6.40. The molecule has 2 rings (SSSR count). The minimum absolute atomic E-state index is 0.167. The van der Waals surface area contributed by atoms with Crippen molar-refractivity contribution in [1.82, 2.24) is 0 Å². The fraction of sp³-hybridized carbons (Fsp3) is 0.429. The van der Waals surface area contributed by atoms with Gasteiger partial charge in [0.1, 0.15) is 18.1 Å². The molecule has 1 aromatic carbocycles. The molecule has 0 aliphatic heterocycles. The first-order valence-electron chi connectivity index (χ1n) is 9.56. The van der Waals surface area contributed by atoms with Gasteiger partial charge in [0.05, 0.1) is 25.4 Å². The average Bonchev–Trinajstić information content (AvgIpc) is 3.14. The number of carbonyl (C=O) groups excluding carboxylic acids is 2. The van der Waals surface area contributed by atoms with Gasteiger partial charge < -0.3 is 24.4 Å². The van der Waals surface area contributed by atoms with Gasteiger partial charge in [-0.2, -0.15) is 0 Å². The molecule has 0 bridgehead atoms. The van der Waals surface area contributed by atoms with Crippen LogP contribution in [0, 0.1) is 0 Å². The number of esters is 1. The lowest BCUT2D eigenvalue weighted by Gasteiger charge is -2.18. The topological polar surface area (TPSA) is 78.3 Å². The van der Waals surface area contributed by atoms with Crippen LogP contribution in [0.15, 0.2) is 36.4 Å². The lowest BCUT2D eigenvalue weighted by molar-refractivity contribution is -0.892. The highest BCUT2D eigenvalue weighted by Gasteiger charge is 2.21. The molecule has 0 fully saturated rings. The summed E-state index contributed by atoms with van der Waals surface area (Å²) in [6.07, 6.45) is 0. The van der Waals surface area contributed by atoms with Gasteiger partial charge in [0.25, 0.3) is 5.91 Å². The molecule has 0 radical (unpaired) electrons. The summed E-state index contributed by atoms with van der Waals surface area (Å²) in [5.41, 5.74) is 1.36. The predicted molar refractivity (Wildman–Crippen MR) is 114 cm³/mol. The first-order chi connectivity index (χ1) is 14.1. The maximum absolute atomic E-state index is 12.7. The number of benzene rings is 1. The summed E-state index contributed by atoms with van der Waals surface area (Å²) in [5.74, 6) is -0.608. The van der Waals surface area contributed by atoms with Crippen LogP contribution in [0.25, 0.3) is 10.4 Å². The molecule has 0 atom stereocenters. The lowest BCUT2D eigenvalue weighted by atomic mass is 10.1. The molecule has 8 heteroatoms. The SMILES string of the molecule is CCOC(=O)c1cc(-c2ccccc2)sc1NC(=O)C[NH+](CCOC)CCOC. The molecule has 7 nitrogen and oxygen atoms in total. The van der Waals surface area contributed by atoms with Gasteiger partial charge in [-0.05, 0) is 18.6 Å². The van der Waals surface area contributed by atoms with E-state index in [4.69, 9.17) is 14.2 Å². The minimum Gasteiger partial charge on any atom is -0.462 e. The number of hydrogen-bond donors (Lipinski definition) is 2. The van der Waals surface area contributed by atoms with Crippen molar-refractivity contribution in [2.75, 3.05) is 59.0 Å². The number of ether oxygens (including phenoxy) is 3. The van der Waals surface area contributed by atoms with E-state index in [1.165, 1.54) is 11.3 Å². The fourth-order valence-corrected chi connectivity index (χ4v) is 3.85. The molecule has 0 saturated heterocycles. The van der Waals surface area contributed by atoms with Crippen molar-refractivity contribution in [1.29, 1.82) is 0 Å². The molecule has 2 aromatic rings. The summed E-state index contributed by atoms with van der Waals surface area (Å²) in [4.78, 5) is 27.0. The van der Waals surface area contributed by atoms with Crippen molar-refractivity contribution in [3.8, 4) is 10.4 Å². The normalized spacial score (nSPS) is 10.9. The first-order valence-corrected chi connectivity index (χ1v) is 10.4. The zero-order valence-corrected chi connectivity index (χ0v) is 18.0. The Morgan fingerprint density at radius 2 is 1.72 bits per heavy atom. The van der Waals surface area contributed by atoms with Gasteiger partial charge >= 0.3 is 5.97 Å². The third kappa shape index (κ3) is 7.25. The van der Waals surface area contributed by atoms with E-state index in [0.29, 0.717) is 36.9 Å². The number of methoxy groups -OCH3 is 2. The Morgan fingerprint density at radius 1 is 1.07 bits per heavy atom. The van der Waals surface area contributed by atoms with Gasteiger partial charge in [-0.25, -0.2) is 4.79 Å². The van der Waals surface area contributed by atoms with Crippen molar-refractivity contribution < 1.29 is 28.7 Å². The average molecular weight is 422 g/mol. The van der Waals surface area contributed by atoms with Crippen LogP contribution in [-0.2, 0) is 19.0 Å². The van der Waals surface area contributed by atoms with E-state index in [2.05, 4.69) is 5.32 Å². The van der Waals surface area contributed by atoms with Crippen LogP contribution < -0.4 is 10.2 Å². The van der Waals surface area contributed by atoms with Crippen LogP contribution >= 0.6 is 11.3 Å². The highest BCUT2D eigenvalue weighted by molar-refractivity contribution is 7.20. The third-order valence-electron chi connectivity index (χ3n) is 4.27. The highest BCUT2D eigenvalue weighted by Crippen LogP contribution is 2.35. The second-order valence-corrected chi connectivity index (χ2v) is 7.45. The molecule has 1 heterocycles. The van der Waals surface area contributed by atoms with Crippen molar-refractivity contribution in [3.63, 3.8) is 0 Å².